The molecule has 6 nitrogen and oxygen atoms in total. The van der Waals surface area contributed by atoms with Crippen LogP contribution in [0.25, 0.3) is 11.4 Å². The number of hydrogen-bond acceptors (Lipinski definition) is 5. The van der Waals surface area contributed by atoms with Crippen LogP contribution in [0.5, 0.6) is 0 Å². The van der Waals surface area contributed by atoms with Gasteiger partial charge < -0.3 is 10.5 Å². The summed E-state index contributed by atoms with van der Waals surface area (Å²) in [7, 11) is 0. The topological polar surface area (TPSA) is 78.9 Å². The van der Waals surface area contributed by atoms with E-state index in [4.69, 9.17) is 22.1 Å². The third-order valence-corrected chi connectivity index (χ3v) is 3.90. The second kappa shape index (κ2) is 5.03. The Morgan fingerprint density at radius 3 is 3.05 bits per heavy atom. The van der Waals surface area contributed by atoms with Gasteiger partial charge in [0.2, 0.25) is 0 Å². The number of aromatic nitrogens is 4. The molecule has 0 saturated carbocycles. The highest BCUT2D eigenvalue weighted by Crippen LogP contribution is 2.29. The molecule has 0 aliphatic carbocycles. The van der Waals surface area contributed by atoms with Gasteiger partial charge in [-0.15, -0.1) is 5.10 Å². The van der Waals surface area contributed by atoms with Crippen LogP contribution in [-0.2, 0) is 11.3 Å². The van der Waals surface area contributed by atoms with Crippen molar-refractivity contribution in [2.45, 2.75) is 31.9 Å². The lowest BCUT2D eigenvalue weighted by Crippen LogP contribution is -2.30. The third kappa shape index (κ3) is 2.48. The van der Waals surface area contributed by atoms with Crippen molar-refractivity contribution in [1.82, 2.24) is 20.2 Å². The molecule has 1 aromatic heterocycles. The van der Waals surface area contributed by atoms with E-state index in [2.05, 4.69) is 22.4 Å². The van der Waals surface area contributed by atoms with Crippen LogP contribution in [0.3, 0.4) is 0 Å². The van der Waals surface area contributed by atoms with E-state index in [0.29, 0.717) is 23.1 Å². The molecule has 2 N–H and O–H groups in total. The van der Waals surface area contributed by atoms with Crippen molar-refractivity contribution in [2.24, 2.45) is 0 Å². The Hall–Kier alpha value is -1.66. The molecule has 1 aromatic carbocycles. The number of nitrogens with two attached hydrogens (primary N) is 1. The van der Waals surface area contributed by atoms with Gasteiger partial charge >= 0.3 is 0 Å². The number of benzene rings is 1. The van der Waals surface area contributed by atoms with Crippen molar-refractivity contribution in [3.05, 3.63) is 23.2 Å². The van der Waals surface area contributed by atoms with Crippen LogP contribution in [-0.4, -0.2) is 32.4 Å². The number of halogens is 1. The van der Waals surface area contributed by atoms with Gasteiger partial charge in [-0.3, -0.25) is 0 Å². The maximum absolute atomic E-state index is 6.05. The Morgan fingerprint density at radius 2 is 2.35 bits per heavy atom. The molecule has 0 spiro atoms. The fourth-order valence-electron chi connectivity index (χ4n) is 2.46. The maximum Gasteiger partial charge on any atom is 0.182 e. The van der Waals surface area contributed by atoms with Crippen LogP contribution < -0.4 is 5.73 Å². The lowest BCUT2D eigenvalue weighted by atomic mass is 10.0. The Bertz CT molecular complexity index is 621. The molecule has 106 valence electrons. The van der Waals surface area contributed by atoms with E-state index in [0.717, 1.165) is 25.0 Å². The van der Waals surface area contributed by atoms with Crippen molar-refractivity contribution in [1.29, 1.82) is 0 Å². The molecule has 3 rings (SSSR count). The minimum atomic E-state index is -0.207. The van der Waals surface area contributed by atoms with Crippen LogP contribution in [0.1, 0.15) is 19.8 Å². The van der Waals surface area contributed by atoms with Gasteiger partial charge in [-0.1, -0.05) is 11.6 Å². The molecular formula is C13H16ClN5O. The minimum absolute atomic E-state index is 0.207. The summed E-state index contributed by atoms with van der Waals surface area (Å²) in [4.78, 5) is 0. The second-order valence-corrected chi connectivity index (χ2v) is 5.71. The molecule has 1 aliphatic rings. The summed E-state index contributed by atoms with van der Waals surface area (Å²) in [6.45, 7) is 3.50. The van der Waals surface area contributed by atoms with Gasteiger partial charge in [0.05, 0.1) is 22.9 Å². The zero-order valence-electron chi connectivity index (χ0n) is 11.2. The molecule has 0 bridgehead atoms. The lowest BCUT2D eigenvalue weighted by molar-refractivity contribution is 0.00355. The van der Waals surface area contributed by atoms with Gasteiger partial charge in [-0.05, 0) is 48.4 Å². The average molecular weight is 294 g/mol. The van der Waals surface area contributed by atoms with Crippen molar-refractivity contribution in [3.8, 4) is 11.4 Å². The smallest absolute Gasteiger partial charge is 0.182 e. The fraction of sp³-hybridized carbons (Fsp3) is 0.462. The first-order chi connectivity index (χ1) is 9.57. The van der Waals surface area contributed by atoms with E-state index in [1.807, 2.05) is 6.07 Å². The fourth-order valence-corrected chi connectivity index (χ4v) is 2.64. The quantitative estimate of drug-likeness (QED) is 0.877. The maximum atomic E-state index is 6.05. The molecular weight excluding hydrogens is 278 g/mol. The minimum Gasteiger partial charge on any atom is -0.398 e. The molecule has 1 unspecified atom stereocenters. The Kier molecular flexibility index (Phi) is 3.35. The zero-order valence-corrected chi connectivity index (χ0v) is 12.0. The number of hydrogen-bond donors (Lipinski definition) is 1. The van der Waals surface area contributed by atoms with Crippen molar-refractivity contribution in [3.63, 3.8) is 0 Å². The number of rotatable bonds is 3. The van der Waals surface area contributed by atoms with Crippen molar-refractivity contribution in [2.75, 3.05) is 12.3 Å². The number of ether oxygens (including phenoxy) is 1. The molecule has 2 heterocycles. The molecule has 20 heavy (non-hydrogen) atoms. The van der Waals surface area contributed by atoms with Crippen LogP contribution in [0.15, 0.2) is 18.2 Å². The van der Waals surface area contributed by atoms with Crippen LogP contribution in [0.2, 0.25) is 5.02 Å². The molecule has 1 fully saturated rings. The summed E-state index contributed by atoms with van der Waals surface area (Å²) in [6, 6.07) is 5.39. The van der Waals surface area contributed by atoms with Gasteiger partial charge in [0.15, 0.2) is 5.82 Å². The summed E-state index contributed by atoms with van der Waals surface area (Å²) in [5.41, 5.74) is 6.90. The first kappa shape index (κ1) is 13.3. The van der Waals surface area contributed by atoms with E-state index in [1.54, 1.807) is 16.8 Å². The van der Waals surface area contributed by atoms with Crippen molar-refractivity contribution < 1.29 is 4.74 Å². The highest BCUT2D eigenvalue weighted by molar-refractivity contribution is 6.33. The van der Waals surface area contributed by atoms with Gasteiger partial charge in [-0.2, -0.15) is 0 Å². The van der Waals surface area contributed by atoms with Gasteiger partial charge in [0.1, 0.15) is 0 Å². The summed E-state index contributed by atoms with van der Waals surface area (Å²) >= 11 is 6.05. The normalized spacial score (nSPS) is 22.3. The van der Waals surface area contributed by atoms with Gasteiger partial charge in [-0.25, -0.2) is 4.68 Å². The highest BCUT2D eigenvalue weighted by atomic mass is 35.5. The van der Waals surface area contributed by atoms with Gasteiger partial charge in [0, 0.05) is 12.2 Å². The highest BCUT2D eigenvalue weighted by Gasteiger charge is 2.31. The van der Waals surface area contributed by atoms with Crippen molar-refractivity contribution >= 4 is 17.3 Å². The monoisotopic (exact) mass is 293 g/mol. The predicted octanol–water partition coefficient (Wildman–Crippen LogP) is 2.14. The molecule has 1 aliphatic heterocycles. The Balaban J connectivity index is 1.91. The number of anilines is 1. The molecule has 2 aromatic rings. The van der Waals surface area contributed by atoms with E-state index in [-0.39, 0.29) is 5.60 Å². The SMILES string of the molecule is CC1(Cn2nnnc2-c2ccc(N)c(Cl)c2)CCCO1. The molecule has 7 heteroatoms. The van der Waals surface area contributed by atoms with Crippen LogP contribution in [0, 0.1) is 0 Å². The number of nitrogens with zero attached hydrogens (tertiary/aromatic N) is 4. The van der Waals surface area contributed by atoms with Gasteiger partial charge in [0.25, 0.3) is 0 Å². The lowest BCUT2D eigenvalue weighted by Gasteiger charge is -2.23. The Labute approximate surface area is 121 Å². The summed E-state index contributed by atoms with van der Waals surface area (Å²) < 4.78 is 7.54. The van der Waals surface area contributed by atoms with Crippen LogP contribution in [0.4, 0.5) is 5.69 Å². The van der Waals surface area contributed by atoms with E-state index >= 15 is 0 Å². The standard InChI is InChI=1S/C13H16ClN5O/c1-13(5-2-6-20-13)8-19-12(16-17-18-19)9-3-4-11(15)10(14)7-9/h3-4,7H,2,5-6,8,15H2,1H3. The second-order valence-electron chi connectivity index (χ2n) is 5.30. The molecule has 1 atom stereocenters. The Morgan fingerprint density at radius 1 is 1.50 bits per heavy atom. The average Bonchev–Trinajstić information content (AvgIpc) is 3.03. The zero-order chi connectivity index (χ0) is 14.2. The summed E-state index contributed by atoms with van der Waals surface area (Å²) in [5.74, 6) is 0.670. The molecule has 0 radical (unpaired) electrons. The first-order valence-electron chi connectivity index (χ1n) is 6.53. The van der Waals surface area contributed by atoms with Crippen LogP contribution >= 0.6 is 11.6 Å². The van der Waals surface area contributed by atoms with E-state index in [9.17, 15) is 0 Å². The van der Waals surface area contributed by atoms with E-state index < -0.39 is 0 Å². The largest absolute Gasteiger partial charge is 0.398 e. The molecule has 1 saturated heterocycles. The number of nitrogen functional groups attached to an aromatic ring is 1. The van der Waals surface area contributed by atoms with E-state index in [1.165, 1.54) is 0 Å². The number of tetrazole rings is 1. The summed E-state index contributed by atoms with van der Waals surface area (Å²) in [5, 5.41) is 12.4. The first-order valence-corrected chi connectivity index (χ1v) is 6.91. The molecule has 0 amide bonds. The summed E-state index contributed by atoms with van der Waals surface area (Å²) in [6.07, 6.45) is 2.08. The predicted molar refractivity (Wildman–Crippen MR) is 76.3 cm³/mol. The third-order valence-electron chi connectivity index (χ3n) is 3.58.